The van der Waals surface area contributed by atoms with E-state index in [0.717, 1.165) is 30.5 Å². The summed E-state index contributed by atoms with van der Waals surface area (Å²) in [5.74, 6) is 2.43. The van der Waals surface area contributed by atoms with Gasteiger partial charge >= 0.3 is 0 Å². The summed E-state index contributed by atoms with van der Waals surface area (Å²) in [5, 5.41) is 18.1. The molecule has 0 saturated heterocycles. The monoisotopic (exact) mass is 457 g/mol. The first-order valence-corrected chi connectivity index (χ1v) is 11.5. The second-order valence-electron chi connectivity index (χ2n) is 9.48. The minimum atomic E-state index is -0.465. The summed E-state index contributed by atoms with van der Waals surface area (Å²) >= 11 is 6.42. The Bertz CT molecular complexity index is 986. The molecule has 1 aromatic heterocycles. The number of carbonyl (C=O) groups is 1. The molecule has 1 amide bonds. The molecule has 2 unspecified atom stereocenters. The van der Waals surface area contributed by atoms with Crippen molar-refractivity contribution in [3.05, 3.63) is 41.0 Å². The Morgan fingerprint density at radius 1 is 1.22 bits per heavy atom. The highest BCUT2D eigenvalue weighted by atomic mass is 35.5. The van der Waals surface area contributed by atoms with Crippen molar-refractivity contribution in [2.24, 2.45) is 17.8 Å². The van der Waals surface area contributed by atoms with Gasteiger partial charge in [-0.15, -0.1) is 0 Å². The van der Waals surface area contributed by atoms with Crippen molar-refractivity contribution in [2.75, 3.05) is 17.7 Å². The van der Waals surface area contributed by atoms with Gasteiger partial charge in [0.15, 0.2) is 5.82 Å². The number of carbonyl (C=O) groups excluding carboxylic acids is 1. The Hall–Kier alpha value is -2.42. The second-order valence-corrected chi connectivity index (χ2v) is 9.89. The van der Waals surface area contributed by atoms with E-state index in [1.54, 1.807) is 6.20 Å². The van der Waals surface area contributed by atoms with Gasteiger partial charge in [-0.2, -0.15) is 4.98 Å². The summed E-state index contributed by atoms with van der Waals surface area (Å²) in [6.07, 6.45) is 6.86. The van der Waals surface area contributed by atoms with Crippen molar-refractivity contribution in [1.82, 2.24) is 15.4 Å². The normalized spacial score (nSPS) is 30.2. The van der Waals surface area contributed by atoms with Crippen LogP contribution >= 0.6 is 11.6 Å². The van der Waals surface area contributed by atoms with Crippen molar-refractivity contribution in [2.45, 2.75) is 50.2 Å². The van der Waals surface area contributed by atoms with E-state index < -0.39 is 5.60 Å². The number of aliphatic hydroxyl groups is 1. The van der Waals surface area contributed by atoms with E-state index in [4.69, 9.17) is 11.6 Å². The maximum atomic E-state index is 11.6. The Morgan fingerprint density at radius 2 is 1.94 bits per heavy atom. The van der Waals surface area contributed by atoms with Gasteiger partial charge in [0.1, 0.15) is 5.02 Å². The molecule has 8 nitrogen and oxygen atoms in total. The first-order chi connectivity index (χ1) is 15.4. The van der Waals surface area contributed by atoms with Crippen LogP contribution in [0.3, 0.4) is 0 Å². The molecule has 4 aliphatic carbocycles. The van der Waals surface area contributed by atoms with E-state index in [-0.39, 0.29) is 18.4 Å². The zero-order valence-corrected chi connectivity index (χ0v) is 18.7. The highest BCUT2D eigenvalue weighted by molar-refractivity contribution is 6.32. The maximum Gasteiger partial charge on any atom is 0.247 e. The fourth-order valence-corrected chi connectivity index (χ4v) is 6.22. The molecule has 4 saturated carbocycles. The molecule has 4 fully saturated rings. The van der Waals surface area contributed by atoms with Crippen LogP contribution < -0.4 is 16.1 Å². The molecule has 9 heteroatoms. The molecule has 32 heavy (non-hydrogen) atoms. The van der Waals surface area contributed by atoms with E-state index in [1.807, 2.05) is 24.3 Å². The molecule has 2 atom stereocenters. The molecule has 4 bridgehead atoms. The van der Waals surface area contributed by atoms with Crippen LogP contribution in [-0.4, -0.2) is 39.7 Å². The molecule has 0 spiro atoms. The lowest BCUT2D eigenvalue weighted by Crippen LogP contribution is -2.59. The number of halogens is 1. The van der Waals surface area contributed by atoms with E-state index >= 15 is 0 Å². The average Bonchev–Trinajstić information content (AvgIpc) is 2.73. The van der Waals surface area contributed by atoms with E-state index in [1.165, 1.54) is 20.0 Å². The number of amides is 1. The molecular weight excluding hydrogens is 430 g/mol. The fraction of sp³-hybridized carbons (Fsp3) is 0.522. The smallest absolute Gasteiger partial charge is 0.247 e. The predicted octanol–water partition coefficient (Wildman–Crippen LogP) is 3.45. The van der Waals surface area contributed by atoms with Crippen LogP contribution in [0.2, 0.25) is 5.02 Å². The fourth-order valence-electron chi connectivity index (χ4n) is 6.07. The van der Waals surface area contributed by atoms with Gasteiger partial charge in [-0.05, 0) is 67.6 Å². The van der Waals surface area contributed by atoms with Crippen LogP contribution in [0.5, 0.6) is 0 Å². The van der Waals surface area contributed by atoms with Crippen LogP contribution in [0.15, 0.2) is 30.5 Å². The molecule has 2 aromatic rings. The van der Waals surface area contributed by atoms with Crippen molar-refractivity contribution in [1.29, 1.82) is 0 Å². The van der Waals surface area contributed by atoms with Crippen LogP contribution in [0.1, 0.15) is 37.7 Å². The number of hydrogen-bond donors (Lipinski definition) is 4. The predicted molar refractivity (Wildman–Crippen MR) is 122 cm³/mol. The van der Waals surface area contributed by atoms with Crippen molar-refractivity contribution in [3.63, 3.8) is 0 Å². The molecule has 6 rings (SSSR count). The van der Waals surface area contributed by atoms with E-state index in [9.17, 15) is 9.90 Å². The molecule has 0 aliphatic heterocycles. The average molecular weight is 458 g/mol. The van der Waals surface area contributed by atoms with Crippen LogP contribution in [-0.2, 0) is 16.1 Å². The minimum Gasteiger partial charge on any atom is -0.390 e. The second kappa shape index (κ2) is 8.50. The number of benzene rings is 1. The lowest BCUT2D eigenvalue weighted by atomic mass is 9.52. The zero-order valence-electron chi connectivity index (χ0n) is 18.0. The first kappa shape index (κ1) is 21.4. The van der Waals surface area contributed by atoms with Crippen LogP contribution in [0.4, 0.5) is 17.5 Å². The maximum absolute atomic E-state index is 11.6. The number of aromatic nitrogens is 2. The van der Waals surface area contributed by atoms with Gasteiger partial charge in [0.25, 0.3) is 0 Å². The van der Waals surface area contributed by atoms with Crippen molar-refractivity contribution < 1.29 is 14.7 Å². The van der Waals surface area contributed by atoms with Gasteiger partial charge in [0.2, 0.25) is 11.9 Å². The third kappa shape index (κ3) is 4.40. The molecule has 170 valence electrons. The molecule has 4 aliphatic rings. The molecule has 0 radical (unpaired) electrons. The SMILES string of the molecule is CONC(=O)Cc1ccc(Nc2ncc(Cl)c(N[C@H]3C4CC5CC3C[C@@](O)(C5)C4)n2)cc1. The number of anilines is 3. The van der Waals surface area contributed by atoms with Crippen molar-refractivity contribution in [3.8, 4) is 0 Å². The molecule has 1 aromatic carbocycles. The van der Waals surface area contributed by atoms with Crippen LogP contribution in [0, 0.1) is 17.8 Å². The summed E-state index contributed by atoms with van der Waals surface area (Å²) in [7, 11) is 1.41. The lowest BCUT2D eigenvalue weighted by Gasteiger charge is -2.58. The third-order valence-electron chi connectivity index (χ3n) is 7.08. The number of nitrogens with one attached hydrogen (secondary N) is 3. The quantitative estimate of drug-likeness (QED) is 0.471. The van der Waals surface area contributed by atoms with Crippen molar-refractivity contribution >= 4 is 35.0 Å². The topological polar surface area (TPSA) is 108 Å². The van der Waals surface area contributed by atoms with E-state index in [2.05, 4.69) is 30.9 Å². The largest absolute Gasteiger partial charge is 0.390 e. The summed E-state index contributed by atoms with van der Waals surface area (Å²) in [4.78, 5) is 25.2. The van der Waals surface area contributed by atoms with Gasteiger partial charge in [-0.25, -0.2) is 10.5 Å². The number of nitrogens with zero attached hydrogens (tertiary/aromatic N) is 2. The highest BCUT2D eigenvalue weighted by Gasteiger charge is 2.54. The summed E-state index contributed by atoms with van der Waals surface area (Å²) in [6.45, 7) is 0. The minimum absolute atomic E-state index is 0.207. The standard InChI is InChI=1S/C23H28ClN5O3/c1-32-29-19(30)8-13-2-4-17(5-3-13)26-22-25-12-18(24)21(28-22)27-20-15-6-14-7-16(20)11-23(31,9-14)10-15/h2-5,12,14-16,20,31H,6-11H2,1H3,(H,29,30)(H2,25,26,27,28)/t14?,15?,16?,20-,23+. The van der Waals surface area contributed by atoms with Gasteiger partial charge < -0.3 is 15.7 Å². The number of hydroxylamine groups is 1. The highest BCUT2D eigenvalue weighted by Crippen LogP contribution is 2.56. The Kier molecular flexibility index (Phi) is 5.69. The summed E-state index contributed by atoms with van der Waals surface area (Å²) < 4.78 is 0. The zero-order chi connectivity index (χ0) is 22.3. The van der Waals surface area contributed by atoms with Gasteiger partial charge in [-0.3, -0.25) is 9.63 Å². The Morgan fingerprint density at radius 3 is 2.59 bits per heavy atom. The van der Waals surface area contributed by atoms with Gasteiger partial charge in [0, 0.05) is 11.7 Å². The molecular formula is C23H28ClN5O3. The van der Waals surface area contributed by atoms with Gasteiger partial charge in [0.05, 0.1) is 25.3 Å². The number of hydrogen-bond acceptors (Lipinski definition) is 7. The first-order valence-electron chi connectivity index (χ1n) is 11.1. The molecule has 1 heterocycles. The summed E-state index contributed by atoms with van der Waals surface area (Å²) in [5.41, 5.74) is 3.52. The third-order valence-corrected chi connectivity index (χ3v) is 7.36. The summed E-state index contributed by atoms with van der Waals surface area (Å²) in [6, 6.07) is 7.76. The molecule has 4 N–H and O–H groups in total. The van der Waals surface area contributed by atoms with Gasteiger partial charge in [-0.1, -0.05) is 23.7 Å². The number of rotatable bonds is 7. The van der Waals surface area contributed by atoms with Crippen LogP contribution in [0.25, 0.3) is 0 Å². The Labute approximate surface area is 192 Å². The van der Waals surface area contributed by atoms with E-state index in [0.29, 0.717) is 34.5 Å². The Balaban J connectivity index is 1.26. The lowest BCUT2D eigenvalue weighted by molar-refractivity contribution is -0.130.